The number of hydrogen-bond acceptors (Lipinski definition) is 4. The van der Waals surface area contributed by atoms with E-state index in [9.17, 15) is 9.90 Å². The molecule has 1 aromatic carbocycles. The minimum absolute atomic E-state index is 0.0618. The number of aromatic nitrogens is 2. The second-order valence-corrected chi connectivity index (χ2v) is 6.64. The van der Waals surface area contributed by atoms with Crippen molar-refractivity contribution in [2.24, 2.45) is 0 Å². The molecular formula is C19H25N3O3. The van der Waals surface area contributed by atoms with Crippen LogP contribution >= 0.6 is 0 Å². The van der Waals surface area contributed by atoms with Gasteiger partial charge in [0.25, 0.3) is 0 Å². The Bertz CT molecular complexity index is 695. The topological polar surface area (TPSA) is 67.6 Å². The van der Waals surface area contributed by atoms with E-state index in [0.717, 1.165) is 24.2 Å². The van der Waals surface area contributed by atoms with Crippen LogP contribution in [-0.2, 0) is 16.9 Å². The Hall–Kier alpha value is -2.34. The number of amides is 1. The molecule has 6 heteroatoms. The fourth-order valence-electron chi connectivity index (χ4n) is 3.56. The molecule has 6 nitrogen and oxygen atoms in total. The van der Waals surface area contributed by atoms with Gasteiger partial charge in [-0.1, -0.05) is 12.1 Å². The zero-order chi connectivity index (χ0) is 17.9. The van der Waals surface area contributed by atoms with Crippen LogP contribution in [0.2, 0.25) is 0 Å². The van der Waals surface area contributed by atoms with E-state index in [2.05, 4.69) is 5.10 Å². The van der Waals surface area contributed by atoms with Crippen molar-refractivity contribution >= 4 is 5.91 Å². The quantitative estimate of drug-likeness (QED) is 0.873. The molecule has 134 valence electrons. The van der Waals surface area contributed by atoms with Gasteiger partial charge in [-0.15, -0.1) is 0 Å². The van der Waals surface area contributed by atoms with Crippen LogP contribution in [0.3, 0.4) is 0 Å². The number of ether oxygens (including phenoxy) is 1. The number of likely N-dealkylation sites (tertiary alicyclic amines) is 1. The van der Waals surface area contributed by atoms with Crippen LogP contribution in [-0.4, -0.2) is 45.4 Å². The van der Waals surface area contributed by atoms with Crippen molar-refractivity contribution in [1.82, 2.24) is 14.7 Å². The lowest BCUT2D eigenvalue weighted by atomic mass is 9.86. The summed E-state index contributed by atoms with van der Waals surface area (Å²) in [5.41, 5.74) is -0.297. The summed E-state index contributed by atoms with van der Waals surface area (Å²) in [6.07, 6.45) is 5.65. The molecule has 2 heterocycles. The lowest BCUT2D eigenvalue weighted by molar-refractivity contribution is -0.138. The maximum atomic E-state index is 12.7. The van der Waals surface area contributed by atoms with Crippen LogP contribution < -0.4 is 4.74 Å². The Morgan fingerprint density at radius 3 is 2.80 bits per heavy atom. The first-order valence-electron chi connectivity index (χ1n) is 8.66. The molecule has 0 radical (unpaired) electrons. The van der Waals surface area contributed by atoms with Gasteiger partial charge in [-0.05, 0) is 43.5 Å². The molecule has 25 heavy (non-hydrogen) atoms. The van der Waals surface area contributed by atoms with Gasteiger partial charge in [-0.3, -0.25) is 9.48 Å². The minimum Gasteiger partial charge on any atom is -0.497 e. The predicted octanol–water partition coefficient (Wildman–Crippen LogP) is 2.18. The van der Waals surface area contributed by atoms with E-state index in [1.165, 1.54) is 0 Å². The van der Waals surface area contributed by atoms with E-state index in [0.29, 0.717) is 19.5 Å². The fourth-order valence-corrected chi connectivity index (χ4v) is 3.56. The predicted molar refractivity (Wildman–Crippen MR) is 94.1 cm³/mol. The Morgan fingerprint density at radius 2 is 2.16 bits per heavy atom. The molecule has 1 aromatic heterocycles. The molecule has 1 amide bonds. The molecule has 2 aromatic rings. The summed E-state index contributed by atoms with van der Waals surface area (Å²) >= 11 is 0. The standard InChI is InChI=1S/C19H25N3O3/c1-19(24,15-6-8-16(25-2)9-7-15)17-5-3-13-22(17)18(23)10-14-21-12-4-11-20-21/h4,6-9,11-12,17,24H,3,5,10,13-14H2,1-2H3/t17-,19-/m0/s1. The van der Waals surface area contributed by atoms with Gasteiger partial charge in [0.15, 0.2) is 0 Å². The maximum Gasteiger partial charge on any atom is 0.224 e. The zero-order valence-corrected chi connectivity index (χ0v) is 14.8. The van der Waals surface area contributed by atoms with Gasteiger partial charge in [0.1, 0.15) is 11.4 Å². The van der Waals surface area contributed by atoms with Gasteiger partial charge in [-0.25, -0.2) is 0 Å². The largest absolute Gasteiger partial charge is 0.497 e. The number of hydrogen-bond donors (Lipinski definition) is 1. The zero-order valence-electron chi connectivity index (χ0n) is 14.8. The van der Waals surface area contributed by atoms with Crippen molar-refractivity contribution in [3.63, 3.8) is 0 Å². The van der Waals surface area contributed by atoms with Gasteiger partial charge in [0.2, 0.25) is 5.91 Å². The summed E-state index contributed by atoms with van der Waals surface area (Å²) in [4.78, 5) is 14.5. The molecule has 0 spiro atoms. The summed E-state index contributed by atoms with van der Waals surface area (Å²) in [5.74, 6) is 0.810. The van der Waals surface area contributed by atoms with Crippen molar-refractivity contribution in [3.8, 4) is 5.75 Å². The Balaban J connectivity index is 1.71. The SMILES string of the molecule is COc1ccc([C@](C)(O)[C@@H]2CCCN2C(=O)CCn2cccn2)cc1. The Morgan fingerprint density at radius 1 is 1.40 bits per heavy atom. The molecule has 0 aliphatic carbocycles. The maximum absolute atomic E-state index is 12.7. The van der Waals surface area contributed by atoms with Crippen LogP contribution in [0.5, 0.6) is 5.75 Å². The number of rotatable bonds is 6. The summed E-state index contributed by atoms with van der Waals surface area (Å²) in [6.45, 7) is 3.03. The Kier molecular flexibility index (Phi) is 5.08. The number of aryl methyl sites for hydroxylation is 1. The molecule has 1 saturated heterocycles. The van der Waals surface area contributed by atoms with Crippen molar-refractivity contribution < 1.29 is 14.6 Å². The third-order valence-corrected chi connectivity index (χ3v) is 5.01. The van der Waals surface area contributed by atoms with Crippen molar-refractivity contribution in [1.29, 1.82) is 0 Å². The highest BCUT2D eigenvalue weighted by Gasteiger charge is 2.42. The summed E-state index contributed by atoms with van der Waals surface area (Å²) < 4.78 is 6.93. The lowest BCUT2D eigenvalue weighted by Gasteiger charge is -2.37. The van der Waals surface area contributed by atoms with Crippen LogP contribution in [0.15, 0.2) is 42.7 Å². The summed E-state index contributed by atoms with van der Waals surface area (Å²) in [6, 6.07) is 9.03. The van der Waals surface area contributed by atoms with Crippen molar-refractivity contribution in [2.75, 3.05) is 13.7 Å². The van der Waals surface area contributed by atoms with E-state index >= 15 is 0 Å². The average Bonchev–Trinajstić information content (AvgIpc) is 3.31. The highest BCUT2D eigenvalue weighted by Crippen LogP contribution is 2.35. The first-order chi connectivity index (χ1) is 12.0. The van der Waals surface area contributed by atoms with Gasteiger partial charge in [-0.2, -0.15) is 5.10 Å². The van der Waals surface area contributed by atoms with Crippen molar-refractivity contribution in [2.45, 2.75) is 44.4 Å². The smallest absolute Gasteiger partial charge is 0.224 e. The first kappa shape index (κ1) is 17.5. The molecule has 1 N–H and O–H groups in total. The number of nitrogens with zero attached hydrogens (tertiary/aromatic N) is 3. The van der Waals surface area contributed by atoms with Gasteiger partial charge < -0.3 is 14.7 Å². The Labute approximate surface area is 148 Å². The number of aliphatic hydroxyl groups is 1. The van der Waals surface area contributed by atoms with Gasteiger partial charge in [0.05, 0.1) is 13.2 Å². The van der Waals surface area contributed by atoms with Crippen LogP contribution in [0.4, 0.5) is 0 Å². The second-order valence-electron chi connectivity index (χ2n) is 6.64. The molecule has 2 atom stereocenters. The number of carbonyl (C=O) groups excluding carboxylic acids is 1. The molecule has 0 bridgehead atoms. The number of carbonyl (C=O) groups is 1. The number of methoxy groups -OCH3 is 1. The van der Waals surface area contributed by atoms with E-state index in [4.69, 9.17) is 4.74 Å². The second kappa shape index (κ2) is 7.27. The molecule has 3 rings (SSSR count). The van der Waals surface area contributed by atoms with Gasteiger partial charge in [0, 0.05) is 31.9 Å². The van der Waals surface area contributed by atoms with Gasteiger partial charge >= 0.3 is 0 Å². The average molecular weight is 343 g/mol. The summed E-state index contributed by atoms with van der Waals surface area (Å²) in [5, 5.41) is 15.3. The van der Waals surface area contributed by atoms with E-state index < -0.39 is 5.60 Å². The van der Waals surface area contributed by atoms with Crippen LogP contribution in [0, 0.1) is 0 Å². The monoisotopic (exact) mass is 343 g/mol. The third kappa shape index (κ3) is 3.69. The van der Waals surface area contributed by atoms with Crippen LogP contribution in [0.1, 0.15) is 31.7 Å². The molecule has 0 saturated carbocycles. The highest BCUT2D eigenvalue weighted by molar-refractivity contribution is 5.77. The number of benzene rings is 1. The molecule has 1 fully saturated rings. The lowest BCUT2D eigenvalue weighted by Crippen LogP contribution is -2.48. The van der Waals surface area contributed by atoms with Crippen LogP contribution in [0.25, 0.3) is 0 Å². The fraction of sp³-hybridized carbons (Fsp3) is 0.474. The molecule has 1 aliphatic heterocycles. The van der Waals surface area contributed by atoms with E-state index in [1.54, 1.807) is 24.9 Å². The minimum atomic E-state index is -1.09. The van der Waals surface area contributed by atoms with E-state index in [1.807, 2.05) is 41.4 Å². The molecule has 0 unspecified atom stereocenters. The summed E-state index contributed by atoms with van der Waals surface area (Å²) in [7, 11) is 1.62. The van der Waals surface area contributed by atoms with Crippen molar-refractivity contribution in [3.05, 3.63) is 48.3 Å². The highest BCUT2D eigenvalue weighted by atomic mass is 16.5. The first-order valence-corrected chi connectivity index (χ1v) is 8.66. The third-order valence-electron chi connectivity index (χ3n) is 5.01. The van der Waals surface area contributed by atoms with E-state index in [-0.39, 0.29) is 11.9 Å². The normalized spacial score (nSPS) is 19.6. The molecular weight excluding hydrogens is 318 g/mol. The molecule has 1 aliphatic rings.